The monoisotopic (exact) mass is 378 g/mol. The molecule has 3 atom stereocenters. The van der Waals surface area contributed by atoms with Gasteiger partial charge in [0.2, 0.25) is 0 Å². The number of carboxylic acids is 1. The molecule has 0 amide bonds. The first kappa shape index (κ1) is 23.6. The highest BCUT2D eigenvalue weighted by molar-refractivity contribution is 5.83. The van der Waals surface area contributed by atoms with E-state index in [-0.39, 0.29) is 5.92 Å². The third-order valence-corrected chi connectivity index (χ3v) is 5.44. The fraction of sp³-hybridized carbons (Fsp3) is 0.739. The molecule has 0 aromatic rings. The van der Waals surface area contributed by atoms with Crippen LogP contribution in [0.2, 0.25) is 0 Å². The molecule has 0 aromatic heterocycles. The van der Waals surface area contributed by atoms with E-state index in [9.17, 15) is 14.7 Å². The average molecular weight is 379 g/mol. The van der Waals surface area contributed by atoms with Crippen molar-refractivity contribution >= 4 is 11.8 Å². The van der Waals surface area contributed by atoms with Gasteiger partial charge in [0.15, 0.2) is 6.10 Å². The van der Waals surface area contributed by atoms with Crippen molar-refractivity contribution in [3.05, 3.63) is 23.8 Å². The van der Waals surface area contributed by atoms with Gasteiger partial charge in [-0.2, -0.15) is 0 Å². The van der Waals surface area contributed by atoms with E-state index in [1.54, 1.807) is 0 Å². The van der Waals surface area contributed by atoms with Crippen LogP contribution in [0.3, 0.4) is 0 Å². The summed E-state index contributed by atoms with van der Waals surface area (Å²) >= 11 is 0. The summed E-state index contributed by atoms with van der Waals surface area (Å²) in [5.41, 5.74) is 1.39. The Hall–Kier alpha value is -1.42. The summed E-state index contributed by atoms with van der Waals surface area (Å²) in [6.07, 6.45) is 16.9. The molecule has 0 aromatic carbocycles. The van der Waals surface area contributed by atoms with Crippen LogP contribution in [0.25, 0.3) is 0 Å². The van der Waals surface area contributed by atoms with Crippen LogP contribution in [0.15, 0.2) is 23.8 Å². The van der Waals surface area contributed by atoms with Crippen LogP contribution in [-0.4, -0.2) is 28.1 Å². The molecule has 0 spiro atoms. The lowest BCUT2D eigenvalue weighted by molar-refractivity contribution is -0.146. The smallest absolute Gasteiger partial charge is 0.332 e. The molecule has 2 N–H and O–H groups in total. The summed E-state index contributed by atoms with van der Waals surface area (Å²) in [5, 5.41) is 17.9. The lowest BCUT2D eigenvalue weighted by atomic mass is 9.89. The summed E-state index contributed by atoms with van der Waals surface area (Å²) in [7, 11) is 0. The van der Waals surface area contributed by atoms with E-state index < -0.39 is 12.1 Å². The highest BCUT2D eigenvalue weighted by atomic mass is 16.4. The Balaban J connectivity index is 2.19. The Morgan fingerprint density at radius 3 is 2.52 bits per heavy atom. The molecular formula is C23H38O4. The molecule has 1 unspecified atom stereocenters. The Morgan fingerprint density at radius 2 is 1.81 bits per heavy atom. The minimum atomic E-state index is -1.25. The number of Topliss-reactive ketones (excluding diaryl/α,β-unsaturated/α-hetero) is 1. The van der Waals surface area contributed by atoms with Crippen LogP contribution >= 0.6 is 0 Å². The van der Waals surface area contributed by atoms with E-state index in [1.807, 2.05) is 0 Å². The first-order valence-corrected chi connectivity index (χ1v) is 10.7. The first-order valence-electron chi connectivity index (χ1n) is 10.7. The molecule has 0 heterocycles. The predicted octanol–water partition coefficient (Wildman–Crippen LogP) is 5.45. The molecule has 0 saturated heterocycles. The Morgan fingerprint density at radius 1 is 1.11 bits per heavy atom. The van der Waals surface area contributed by atoms with Crippen LogP contribution in [0, 0.1) is 11.8 Å². The van der Waals surface area contributed by atoms with Crippen molar-refractivity contribution in [3.8, 4) is 0 Å². The van der Waals surface area contributed by atoms with Crippen LogP contribution in [-0.2, 0) is 9.59 Å². The van der Waals surface area contributed by atoms with Crippen LogP contribution < -0.4 is 0 Å². The standard InChI is InChI=1S/C23H38O4/c1-18(2)12-8-5-3-4-6-9-13-19-16-17-21(24)20(19)14-10-7-11-15-22(25)23(26)27/h9,12-13,19-20,22,25H,3-8,10-11,14-17H2,1-2H3,(H,26,27)/b13-9+/t19-,20+,22?/m0/s1. The number of hydrogen-bond acceptors (Lipinski definition) is 3. The Kier molecular flexibility index (Phi) is 12.0. The highest BCUT2D eigenvalue weighted by Gasteiger charge is 2.32. The number of aliphatic hydroxyl groups is 1. The van der Waals surface area contributed by atoms with Gasteiger partial charge in [-0.3, -0.25) is 4.79 Å². The van der Waals surface area contributed by atoms with Gasteiger partial charge in [-0.1, -0.05) is 49.5 Å². The molecule has 1 aliphatic rings. The number of aliphatic carboxylic acids is 1. The Bertz CT molecular complexity index is 503. The van der Waals surface area contributed by atoms with Gasteiger partial charge in [0.25, 0.3) is 0 Å². The SMILES string of the molecule is CC(C)=CCCCCC/C=C/[C@H]1CCC(=O)[C@@H]1CCCCCC(O)C(=O)O. The molecule has 1 saturated carbocycles. The molecule has 154 valence electrons. The van der Waals surface area contributed by atoms with Crippen molar-refractivity contribution < 1.29 is 19.8 Å². The zero-order valence-electron chi connectivity index (χ0n) is 17.2. The summed E-state index contributed by atoms with van der Waals surface area (Å²) in [5.74, 6) is -0.240. The number of unbranched alkanes of at least 4 members (excludes halogenated alkanes) is 6. The number of ketones is 1. The van der Waals surface area contributed by atoms with Crippen LogP contribution in [0.4, 0.5) is 0 Å². The quantitative estimate of drug-likeness (QED) is 0.311. The molecule has 1 fully saturated rings. The van der Waals surface area contributed by atoms with Crippen LogP contribution in [0.1, 0.15) is 90.9 Å². The second kappa shape index (κ2) is 13.7. The van der Waals surface area contributed by atoms with Crippen molar-refractivity contribution in [2.75, 3.05) is 0 Å². The number of allylic oxidation sites excluding steroid dienone is 4. The predicted molar refractivity (Wildman–Crippen MR) is 110 cm³/mol. The highest BCUT2D eigenvalue weighted by Crippen LogP contribution is 2.34. The molecule has 27 heavy (non-hydrogen) atoms. The topological polar surface area (TPSA) is 74.6 Å². The summed E-state index contributed by atoms with van der Waals surface area (Å²) in [4.78, 5) is 22.7. The molecule has 1 rings (SSSR count). The third-order valence-electron chi connectivity index (χ3n) is 5.44. The van der Waals surface area contributed by atoms with E-state index in [0.717, 1.165) is 32.1 Å². The van der Waals surface area contributed by atoms with Crippen molar-refractivity contribution in [3.63, 3.8) is 0 Å². The minimum Gasteiger partial charge on any atom is -0.479 e. The van der Waals surface area contributed by atoms with E-state index in [4.69, 9.17) is 5.11 Å². The van der Waals surface area contributed by atoms with Crippen molar-refractivity contribution in [1.29, 1.82) is 0 Å². The number of rotatable bonds is 14. The van der Waals surface area contributed by atoms with Gasteiger partial charge in [-0.25, -0.2) is 4.79 Å². The van der Waals surface area contributed by atoms with Gasteiger partial charge in [0.1, 0.15) is 5.78 Å². The maximum absolute atomic E-state index is 12.2. The van der Waals surface area contributed by atoms with E-state index in [2.05, 4.69) is 32.1 Å². The number of carboxylic acid groups (broad SMARTS) is 1. The third kappa shape index (κ3) is 10.5. The largest absolute Gasteiger partial charge is 0.479 e. The van der Waals surface area contributed by atoms with Gasteiger partial charge in [-0.15, -0.1) is 0 Å². The summed E-state index contributed by atoms with van der Waals surface area (Å²) in [6, 6.07) is 0. The van der Waals surface area contributed by atoms with E-state index in [1.165, 1.54) is 31.3 Å². The second-order valence-corrected chi connectivity index (χ2v) is 8.12. The molecule has 0 bridgehead atoms. The van der Waals surface area contributed by atoms with Gasteiger partial charge in [0, 0.05) is 12.3 Å². The molecule has 1 aliphatic carbocycles. The van der Waals surface area contributed by atoms with Gasteiger partial charge in [-0.05, 0) is 64.7 Å². The lowest BCUT2D eigenvalue weighted by Gasteiger charge is -2.15. The van der Waals surface area contributed by atoms with Gasteiger partial charge >= 0.3 is 5.97 Å². The lowest BCUT2D eigenvalue weighted by Crippen LogP contribution is -2.19. The minimum absolute atomic E-state index is 0.142. The average Bonchev–Trinajstić information content (AvgIpc) is 2.96. The van der Waals surface area contributed by atoms with Gasteiger partial charge in [0.05, 0.1) is 0 Å². The number of carbonyl (C=O) groups is 2. The molecule has 0 aliphatic heterocycles. The molecule has 4 heteroatoms. The van der Waals surface area contributed by atoms with Gasteiger partial charge < -0.3 is 10.2 Å². The van der Waals surface area contributed by atoms with E-state index in [0.29, 0.717) is 31.0 Å². The molecular weight excluding hydrogens is 340 g/mol. The van der Waals surface area contributed by atoms with Crippen molar-refractivity contribution in [2.45, 2.75) is 97.0 Å². The second-order valence-electron chi connectivity index (χ2n) is 8.12. The Labute approximate surface area is 164 Å². The fourth-order valence-electron chi connectivity index (χ4n) is 3.79. The number of hydrogen-bond donors (Lipinski definition) is 2. The molecule has 0 radical (unpaired) electrons. The maximum Gasteiger partial charge on any atom is 0.332 e. The first-order chi connectivity index (χ1) is 12.9. The maximum atomic E-state index is 12.2. The zero-order valence-corrected chi connectivity index (χ0v) is 17.2. The molecule has 4 nitrogen and oxygen atoms in total. The summed E-state index contributed by atoms with van der Waals surface area (Å²) < 4.78 is 0. The number of aliphatic hydroxyl groups excluding tert-OH is 1. The number of carbonyl (C=O) groups excluding carboxylic acids is 1. The van der Waals surface area contributed by atoms with E-state index >= 15 is 0 Å². The normalized spacial score (nSPS) is 20.9. The van der Waals surface area contributed by atoms with Crippen molar-refractivity contribution in [1.82, 2.24) is 0 Å². The van der Waals surface area contributed by atoms with Crippen LogP contribution in [0.5, 0.6) is 0 Å². The van der Waals surface area contributed by atoms with Crippen molar-refractivity contribution in [2.24, 2.45) is 11.8 Å². The fourth-order valence-corrected chi connectivity index (χ4v) is 3.79. The summed E-state index contributed by atoms with van der Waals surface area (Å²) in [6.45, 7) is 4.28. The zero-order chi connectivity index (χ0) is 20.1.